The lowest BCUT2D eigenvalue weighted by molar-refractivity contribution is 0.266. The Kier molecular flexibility index (Phi) is 5.65. The fraction of sp³-hybridized carbons (Fsp3) is 0.688. The lowest BCUT2D eigenvalue weighted by atomic mass is 10.1. The van der Waals surface area contributed by atoms with Gasteiger partial charge in [-0.1, -0.05) is 6.92 Å². The highest BCUT2D eigenvalue weighted by Gasteiger charge is 2.23. The maximum atomic E-state index is 4.33. The quantitative estimate of drug-likeness (QED) is 0.803. The van der Waals surface area contributed by atoms with Crippen molar-refractivity contribution in [2.75, 3.05) is 36.8 Å². The zero-order valence-electron chi connectivity index (χ0n) is 13.0. The molecule has 20 heavy (non-hydrogen) atoms. The number of aromatic nitrogens is 1. The summed E-state index contributed by atoms with van der Waals surface area (Å²) in [7, 11) is 0. The number of hydrogen-bond donors (Lipinski definition) is 2. The first-order valence-electron chi connectivity index (χ1n) is 7.87. The van der Waals surface area contributed by atoms with Gasteiger partial charge in [0.05, 0.1) is 0 Å². The number of anilines is 2. The fourth-order valence-electron chi connectivity index (χ4n) is 2.65. The average molecular weight is 276 g/mol. The highest BCUT2D eigenvalue weighted by molar-refractivity contribution is 5.51. The van der Waals surface area contributed by atoms with Crippen LogP contribution in [0.5, 0.6) is 0 Å². The molecular weight excluding hydrogens is 248 g/mol. The number of hydrogen-bond acceptors (Lipinski definition) is 4. The Hall–Kier alpha value is -1.29. The van der Waals surface area contributed by atoms with Crippen molar-refractivity contribution >= 4 is 11.5 Å². The van der Waals surface area contributed by atoms with Crippen LogP contribution in [0, 0.1) is 5.92 Å². The van der Waals surface area contributed by atoms with E-state index in [1.165, 1.54) is 25.2 Å². The summed E-state index contributed by atoms with van der Waals surface area (Å²) < 4.78 is 0. The third-order valence-corrected chi connectivity index (χ3v) is 3.96. The minimum Gasteiger partial charge on any atom is -0.385 e. The van der Waals surface area contributed by atoms with Crippen molar-refractivity contribution in [2.24, 2.45) is 5.92 Å². The minimum absolute atomic E-state index is 0.672. The van der Waals surface area contributed by atoms with Crippen LogP contribution in [0.4, 0.5) is 11.5 Å². The topological polar surface area (TPSA) is 40.2 Å². The predicted molar refractivity (Wildman–Crippen MR) is 86.3 cm³/mol. The molecule has 0 amide bonds. The van der Waals surface area contributed by atoms with Crippen molar-refractivity contribution < 1.29 is 0 Å². The summed E-state index contributed by atoms with van der Waals surface area (Å²) in [4.78, 5) is 6.90. The van der Waals surface area contributed by atoms with Crippen molar-refractivity contribution in [2.45, 2.75) is 39.7 Å². The minimum atomic E-state index is 0.672. The summed E-state index contributed by atoms with van der Waals surface area (Å²) in [5.74, 6) is 1.73. The Bertz CT molecular complexity index is 405. The standard InChI is InChI=1S/C16H28N4/c1-4-7-17-16-10-15(5-8-18-16)19-11-14-6-9-20(12-14)13(2)3/h5,8,10,13-14H,4,6-7,9,11-12H2,1-3H3,(H2,17,18,19). The van der Waals surface area contributed by atoms with Crippen molar-refractivity contribution in [3.63, 3.8) is 0 Å². The van der Waals surface area contributed by atoms with Crippen LogP contribution in [-0.4, -0.2) is 42.1 Å². The SMILES string of the molecule is CCCNc1cc(NCC2CCN(C(C)C)C2)ccn1. The summed E-state index contributed by atoms with van der Waals surface area (Å²) in [6.45, 7) is 11.2. The highest BCUT2D eigenvalue weighted by atomic mass is 15.2. The van der Waals surface area contributed by atoms with Gasteiger partial charge in [-0.05, 0) is 45.2 Å². The molecule has 0 aromatic carbocycles. The summed E-state index contributed by atoms with van der Waals surface area (Å²) in [6.07, 6.45) is 4.29. The van der Waals surface area contributed by atoms with Crippen LogP contribution < -0.4 is 10.6 Å². The van der Waals surface area contributed by atoms with E-state index in [0.717, 1.165) is 31.2 Å². The van der Waals surface area contributed by atoms with E-state index >= 15 is 0 Å². The maximum absolute atomic E-state index is 4.33. The molecule has 1 aliphatic heterocycles. The summed E-state index contributed by atoms with van der Waals surface area (Å²) in [5, 5.41) is 6.88. The Balaban J connectivity index is 1.79. The molecule has 1 aromatic rings. The van der Waals surface area contributed by atoms with E-state index in [-0.39, 0.29) is 0 Å². The summed E-state index contributed by atoms with van der Waals surface area (Å²) in [5.41, 5.74) is 1.17. The number of pyridine rings is 1. The molecule has 112 valence electrons. The van der Waals surface area contributed by atoms with E-state index in [1.807, 2.05) is 12.3 Å². The third kappa shape index (κ3) is 4.37. The molecule has 0 bridgehead atoms. The molecule has 1 aliphatic rings. The second-order valence-electron chi connectivity index (χ2n) is 5.98. The molecule has 2 heterocycles. The van der Waals surface area contributed by atoms with Crippen molar-refractivity contribution in [1.29, 1.82) is 0 Å². The van der Waals surface area contributed by atoms with E-state index < -0.39 is 0 Å². The number of likely N-dealkylation sites (tertiary alicyclic amines) is 1. The van der Waals surface area contributed by atoms with Gasteiger partial charge in [-0.25, -0.2) is 4.98 Å². The van der Waals surface area contributed by atoms with Gasteiger partial charge in [0, 0.05) is 43.6 Å². The molecule has 1 atom stereocenters. The molecule has 1 fully saturated rings. The normalized spacial score (nSPS) is 19.5. The number of rotatable bonds is 7. The van der Waals surface area contributed by atoms with Crippen LogP contribution in [0.3, 0.4) is 0 Å². The largest absolute Gasteiger partial charge is 0.385 e. The van der Waals surface area contributed by atoms with Crippen LogP contribution >= 0.6 is 0 Å². The fourth-order valence-corrected chi connectivity index (χ4v) is 2.65. The van der Waals surface area contributed by atoms with Gasteiger partial charge in [0.1, 0.15) is 5.82 Å². The van der Waals surface area contributed by atoms with Gasteiger partial charge in [0.15, 0.2) is 0 Å². The first-order valence-corrected chi connectivity index (χ1v) is 7.87. The van der Waals surface area contributed by atoms with E-state index in [1.54, 1.807) is 0 Å². The summed E-state index contributed by atoms with van der Waals surface area (Å²) in [6, 6.07) is 4.82. The lowest BCUT2D eigenvalue weighted by Crippen LogP contribution is -2.29. The van der Waals surface area contributed by atoms with Crippen molar-refractivity contribution in [1.82, 2.24) is 9.88 Å². The van der Waals surface area contributed by atoms with Gasteiger partial charge in [-0.2, -0.15) is 0 Å². The Morgan fingerprint density at radius 3 is 2.95 bits per heavy atom. The molecule has 4 nitrogen and oxygen atoms in total. The van der Waals surface area contributed by atoms with Crippen molar-refractivity contribution in [3.8, 4) is 0 Å². The van der Waals surface area contributed by atoms with Gasteiger partial charge < -0.3 is 15.5 Å². The molecule has 0 spiro atoms. The van der Waals surface area contributed by atoms with Gasteiger partial charge >= 0.3 is 0 Å². The number of nitrogens with zero attached hydrogens (tertiary/aromatic N) is 2. The van der Waals surface area contributed by atoms with Crippen LogP contribution in [0.25, 0.3) is 0 Å². The van der Waals surface area contributed by atoms with Crippen LogP contribution in [0.2, 0.25) is 0 Å². The first kappa shape index (κ1) is 15.1. The molecule has 2 rings (SSSR count). The van der Waals surface area contributed by atoms with Gasteiger partial charge in [0.25, 0.3) is 0 Å². The molecule has 0 aliphatic carbocycles. The van der Waals surface area contributed by atoms with E-state index in [4.69, 9.17) is 0 Å². The zero-order chi connectivity index (χ0) is 14.4. The molecule has 0 radical (unpaired) electrons. The Labute approximate surface area is 123 Å². The Morgan fingerprint density at radius 2 is 2.25 bits per heavy atom. The van der Waals surface area contributed by atoms with E-state index in [9.17, 15) is 0 Å². The molecule has 1 unspecified atom stereocenters. The summed E-state index contributed by atoms with van der Waals surface area (Å²) >= 11 is 0. The van der Waals surface area contributed by atoms with Crippen molar-refractivity contribution in [3.05, 3.63) is 18.3 Å². The van der Waals surface area contributed by atoms with Crippen LogP contribution in [0.1, 0.15) is 33.6 Å². The molecule has 1 aromatic heterocycles. The monoisotopic (exact) mass is 276 g/mol. The van der Waals surface area contributed by atoms with Gasteiger partial charge in [-0.3, -0.25) is 0 Å². The lowest BCUT2D eigenvalue weighted by Gasteiger charge is -2.20. The first-order chi connectivity index (χ1) is 9.69. The third-order valence-electron chi connectivity index (χ3n) is 3.96. The second kappa shape index (κ2) is 7.48. The maximum Gasteiger partial charge on any atom is 0.127 e. The molecule has 0 saturated carbocycles. The van der Waals surface area contributed by atoms with Gasteiger partial charge in [0.2, 0.25) is 0 Å². The smallest absolute Gasteiger partial charge is 0.127 e. The number of nitrogens with one attached hydrogen (secondary N) is 2. The molecular formula is C16H28N4. The van der Waals surface area contributed by atoms with E-state index in [0.29, 0.717) is 6.04 Å². The molecule has 2 N–H and O–H groups in total. The van der Waals surface area contributed by atoms with Crippen LogP contribution in [0.15, 0.2) is 18.3 Å². The second-order valence-corrected chi connectivity index (χ2v) is 5.98. The Morgan fingerprint density at radius 1 is 1.40 bits per heavy atom. The van der Waals surface area contributed by atoms with E-state index in [2.05, 4.69) is 47.4 Å². The zero-order valence-corrected chi connectivity index (χ0v) is 13.0. The predicted octanol–water partition coefficient (Wildman–Crippen LogP) is 3.05. The van der Waals surface area contributed by atoms with Gasteiger partial charge in [-0.15, -0.1) is 0 Å². The highest BCUT2D eigenvalue weighted by Crippen LogP contribution is 2.20. The van der Waals surface area contributed by atoms with Crippen LogP contribution in [-0.2, 0) is 0 Å². The molecule has 1 saturated heterocycles. The molecule has 4 heteroatoms. The average Bonchev–Trinajstić information content (AvgIpc) is 2.92.